The van der Waals surface area contributed by atoms with E-state index in [1.807, 2.05) is 5.32 Å². The third kappa shape index (κ3) is 2.56. The maximum absolute atomic E-state index is 13.4. The Morgan fingerprint density at radius 3 is 2.26 bits per heavy atom. The Morgan fingerprint density at radius 2 is 1.79 bits per heavy atom. The maximum Gasteiger partial charge on any atom is 0.229 e. The zero-order valence-electron chi connectivity index (χ0n) is 10.1. The zero-order valence-corrected chi connectivity index (χ0v) is 10.1. The van der Waals surface area contributed by atoms with Crippen LogP contribution in [-0.4, -0.2) is 19.0 Å². The lowest BCUT2D eigenvalue weighted by atomic mass is 9.97. The first-order chi connectivity index (χ1) is 8.91. The number of halogens is 4. The van der Waals surface area contributed by atoms with Crippen molar-refractivity contribution in [1.29, 1.82) is 0 Å². The van der Waals surface area contributed by atoms with Gasteiger partial charge in [-0.05, 0) is 12.5 Å². The summed E-state index contributed by atoms with van der Waals surface area (Å²) in [5.41, 5.74) is -1.08. The Bertz CT molecular complexity index is 495. The minimum atomic E-state index is -1.61. The van der Waals surface area contributed by atoms with Gasteiger partial charge in [-0.1, -0.05) is 6.92 Å². The molecule has 7 heteroatoms. The molecule has 2 atom stereocenters. The lowest BCUT2D eigenvalue weighted by Gasteiger charge is -2.15. The van der Waals surface area contributed by atoms with Gasteiger partial charge in [-0.25, -0.2) is 17.6 Å². The zero-order chi connectivity index (χ0) is 14.2. The second-order valence-electron chi connectivity index (χ2n) is 4.57. The van der Waals surface area contributed by atoms with Crippen LogP contribution >= 0.6 is 0 Å². The van der Waals surface area contributed by atoms with Gasteiger partial charge in [0.1, 0.15) is 5.69 Å². The first-order valence-corrected chi connectivity index (χ1v) is 5.76. The van der Waals surface area contributed by atoms with Crippen molar-refractivity contribution in [1.82, 2.24) is 5.32 Å². The molecule has 0 bridgehead atoms. The first kappa shape index (κ1) is 13.8. The lowest BCUT2D eigenvalue weighted by Crippen LogP contribution is -2.29. The fourth-order valence-electron chi connectivity index (χ4n) is 2.06. The molecule has 0 spiro atoms. The largest absolute Gasteiger partial charge is 0.321 e. The Labute approximate surface area is 107 Å². The van der Waals surface area contributed by atoms with Gasteiger partial charge in [-0.15, -0.1) is 0 Å². The van der Waals surface area contributed by atoms with E-state index in [0.29, 0.717) is 13.1 Å². The number of anilines is 1. The van der Waals surface area contributed by atoms with Gasteiger partial charge in [0.05, 0.1) is 5.92 Å². The van der Waals surface area contributed by atoms with Gasteiger partial charge in [0.2, 0.25) is 5.91 Å². The lowest BCUT2D eigenvalue weighted by molar-refractivity contribution is -0.120. The predicted octanol–water partition coefficient (Wildman–Crippen LogP) is 2.04. The second-order valence-corrected chi connectivity index (χ2v) is 4.57. The van der Waals surface area contributed by atoms with Gasteiger partial charge in [0.25, 0.3) is 0 Å². The molecule has 1 heterocycles. The minimum absolute atomic E-state index is 0.0236. The summed E-state index contributed by atoms with van der Waals surface area (Å²) in [5, 5.41) is 4.87. The average molecular weight is 276 g/mol. The summed E-state index contributed by atoms with van der Waals surface area (Å²) >= 11 is 0. The monoisotopic (exact) mass is 276 g/mol. The van der Waals surface area contributed by atoms with Crippen molar-refractivity contribution >= 4 is 11.6 Å². The van der Waals surface area contributed by atoms with E-state index in [9.17, 15) is 22.4 Å². The van der Waals surface area contributed by atoms with Gasteiger partial charge in [-0.2, -0.15) is 0 Å². The number of hydrogen-bond acceptors (Lipinski definition) is 2. The number of rotatable bonds is 2. The van der Waals surface area contributed by atoms with Gasteiger partial charge in [0, 0.05) is 12.6 Å². The fraction of sp³-hybridized carbons (Fsp3) is 0.417. The maximum atomic E-state index is 13.4. The van der Waals surface area contributed by atoms with E-state index in [2.05, 4.69) is 5.32 Å². The SMILES string of the molecule is CC1CNCC1C(=O)Nc1c(F)c(F)cc(F)c1F. The molecule has 0 saturated carbocycles. The smallest absolute Gasteiger partial charge is 0.229 e. The number of hydrogen-bond donors (Lipinski definition) is 2. The van der Waals surface area contributed by atoms with Crippen molar-refractivity contribution in [3.8, 4) is 0 Å². The molecule has 2 N–H and O–H groups in total. The molecule has 1 saturated heterocycles. The van der Waals surface area contributed by atoms with E-state index in [1.165, 1.54) is 0 Å². The highest BCUT2D eigenvalue weighted by molar-refractivity contribution is 5.93. The number of carbonyl (C=O) groups is 1. The van der Waals surface area contributed by atoms with Crippen LogP contribution < -0.4 is 10.6 Å². The standard InChI is InChI=1S/C12H12F4N2O/c1-5-3-17-4-6(5)12(19)18-11-9(15)7(13)2-8(14)10(11)16/h2,5-6,17H,3-4H2,1H3,(H,18,19). The molecule has 2 rings (SSSR count). The first-order valence-electron chi connectivity index (χ1n) is 5.76. The fourth-order valence-corrected chi connectivity index (χ4v) is 2.06. The highest BCUT2D eigenvalue weighted by atomic mass is 19.2. The Kier molecular flexibility index (Phi) is 3.75. The van der Waals surface area contributed by atoms with E-state index in [0.717, 1.165) is 0 Å². The summed E-state index contributed by atoms with van der Waals surface area (Å²) in [7, 11) is 0. The van der Waals surface area contributed by atoms with Crippen molar-refractivity contribution in [3.63, 3.8) is 0 Å². The predicted molar refractivity (Wildman–Crippen MR) is 60.4 cm³/mol. The normalized spacial score (nSPS) is 22.6. The molecule has 0 aliphatic carbocycles. The molecule has 0 aromatic heterocycles. The van der Waals surface area contributed by atoms with Crippen LogP contribution in [0.25, 0.3) is 0 Å². The summed E-state index contributed by atoms with van der Waals surface area (Å²) < 4.78 is 52.7. The summed E-state index contributed by atoms with van der Waals surface area (Å²) in [6.45, 7) is 2.75. The molecule has 2 unspecified atom stereocenters. The second kappa shape index (κ2) is 5.16. The molecule has 1 aliphatic heterocycles. The van der Waals surface area contributed by atoms with Crippen molar-refractivity contribution in [2.45, 2.75) is 6.92 Å². The van der Waals surface area contributed by atoms with Crippen molar-refractivity contribution in [3.05, 3.63) is 29.3 Å². The summed E-state index contributed by atoms with van der Waals surface area (Å²) in [4.78, 5) is 11.8. The quantitative estimate of drug-likeness (QED) is 0.641. The van der Waals surface area contributed by atoms with E-state index >= 15 is 0 Å². The molecule has 3 nitrogen and oxygen atoms in total. The number of carbonyl (C=O) groups excluding carboxylic acids is 1. The van der Waals surface area contributed by atoms with E-state index in [4.69, 9.17) is 0 Å². The molecule has 1 aromatic rings. The van der Waals surface area contributed by atoms with Crippen LogP contribution in [0.3, 0.4) is 0 Å². The van der Waals surface area contributed by atoms with Gasteiger partial charge in [-0.3, -0.25) is 4.79 Å². The van der Waals surface area contributed by atoms with E-state index in [-0.39, 0.29) is 12.0 Å². The minimum Gasteiger partial charge on any atom is -0.321 e. The molecular formula is C12H12F4N2O. The van der Waals surface area contributed by atoms with Crippen LogP contribution in [0.5, 0.6) is 0 Å². The highest BCUT2D eigenvalue weighted by Gasteiger charge is 2.31. The van der Waals surface area contributed by atoms with Crippen LogP contribution in [0.1, 0.15) is 6.92 Å². The van der Waals surface area contributed by atoms with Gasteiger partial charge >= 0.3 is 0 Å². The average Bonchev–Trinajstić information content (AvgIpc) is 2.78. The molecule has 104 valence electrons. The molecule has 1 aliphatic rings. The van der Waals surface area contributed by atoms with Crippen LogP contribution in [-0.2, 0) is 4.79 Å². The molecule has 1 aromatic carbocycles. The Balaban J connectivity index is 2.26. The van der Waals surface area contributed by atoms with Crippen molar-refractivity contribution in [2.75, 3.05) is 18.4 Å². The van der Waals surface area contributed by atoms with E-state index < -0.39 is 40.8 Å². The topological polar surface area (TPSA) is 41.1 Å². The van der Waals surface area contributed by atoms with Gasteiger partial charge in [0.15, 0.2) is 23.3 Å². The molecular weight excluding hydrogens is 264 g/mol. The Hall–Kier alpha value is -1.63. The molecule has 0 radical (unpaired) electrons. The van der Waals surface area contributed by atoms with E-state index in [1.54, 1.807) is 6.92 Å². The van der Waals surface area contributed by atoms with Gasteiger partial charge < -0.3 is 10.6 Å². The van der Waals surface area contributed by atoms with Crippen LogP contribution in [0.15, 0.2) is 6.07 Å². The van der Waals surface area contributed by atoms with Crippen molar-refractivity contribution < 1.29 is 22.4 Å². The van der Waals surface area contributed by atoms with Crippen molar-refractivity contribution in [2.24, 2.45) is 11.8 Å². The number of benzene rings is 1. The number of nitrogens with one attached hydrogen (secondary N) is 2. The summed E-state index contributed by atoms with van der Waals surface area (Å²) in [6.07, 6.45) is 0. The third-order valence-corrected chi connectivity index (χ3v) is 3.21. The molecule has 19 heavy (non-hydrogen) atoms. The Morgan fingerprint density at radius 1 is 1.21 bits per heavy atom. The third-order valence-electron chi connectivity index (χ3n) is 3.21. The number of amides is 1. The van der Waals surface area contributed by atoms with Crippen LogP contribution in [0.4, 0.5) is 23.2 Å². The highest BCUT2D eigenvalue weighted by Crippen LogP contribution is 2.26. The molecule has 1 fully saturated rings. The summed E-state index contributed by atoms with van der Waals surface area (Å²) in [5.74, 6) is -7.50. The van der Waals surface area contributed by atoms with Crippen LogP contribution in [0, 0.1) is 35.1 Å². The van der Waals surface area contributed by atoms with Crippen LogP contribution in [0.2, 0.25) is 0 Å². The molecule has 1 amide bonds. The summed E-state index contributed by atoms with van der Waals surface area (Å²) in [6, 6.07) is 0.0973.